The average Bonchev–Trinajstić information content (AvgIpc) is 3.02. The fourth-order valence-electron chi connectivity index (χ4n) is 3.49. The molecule has 2 N–H and O–H groups in total. The highest BCUT2D eigenvalue weighted by Crippen LogP contribution is 2.38. The summed E-state index contributed by atoms with van der Waals surface area (Å²) in [7, 11) is 0. The van der Waals surface area contributed by atoms with Gasteiger partial charge in [0.15, 0.2) is 0 Å². The van der Waals surface area contributed by atoms with E-state index in [0.29, 0.717) is 5.39 Å². The summed E-state index contributed by atoms with van der Waals surface area (Å²) in [6.07, 6.45) is -3.08. The molecule has 0 radical (unpaired) electrons. The number of nitrogens with one attached hydrogen (secondary N) is 2. The number of halogens is 4. The number of anilines is 1. The van der Waals surface area contributed by atoms with Gasteiger partial charge in [-0.15, -0.1) is 0 Å². The molecule has 0 aliphatic heterocycles. The van der Waals surface area contributed by atoms with Gasteiger partial charge in [0.1, 0.15) is 5.82 Å². The number of hydrogen-bond acceptors (Lipinski definition) is 4. The molecule has 1 aromatic heterocycles. The van der Waals surface area contributed by atoms with E-state index >= 15 is 0 Å². The van der Waals surface area contributed by atoms with E-state index < -0.39 is 36.3 Å². The minimum Gasteiger partial charge on any atom is -0.463 e. The fourth-order valence-corrected chi connectivity index (χ4v) is 3.49. The van der Waals surface area contributed by atoms with Crippen LogP contribution in [0.15, 0.2) is 41.9 Å². The zero-order chi connectivity index (χ0) is 21.9. The molecular formula is C20H19F4N3O3. The minimum absolute atomic E-state index is 0.00322. The van der Waals surface area contributed by atoms with Gasteiger partial charge >= 0.3 is 18.2 Å². The van der Waals surface area contributed by atoms with Gasteiger partial charge < -0.3 is 15.4 Å². The van der Waals surface area contributed by atoms with E-state index in [1.807, 2.05) is 0 Å². The molecule has 2 amide bonds. The van der Waals surface area contributed by atoms with Crippen LogP contribution in [0.3, 0.4) is 0 Å². The highest BCUT2D eigenvalue weighted by Gasteiger charge is 2.38. The summed E-state index contributed by atoms with van der Waals surface area (Å²) in [6.45, 7) is 1.62. The second-order valence-electron chi connectivity index (χ2n) is 6.88. The summed E-state index contributed by atoms with van der Waals surface area (Å²) in [5.41, 5.74) is 0.156. The maximum Gasteiger partial charge on any atom is 0.389 e. The zero-order valence-electron chi connectivity index (χ0n) is 16.0. The maximum absolute atomic E-state index is 14.2. The summed E-state index contributed by atoms with van der Waals surface area (Å²) in [5.74, 6) is -2.21. The van der Waals surface area contributed by atoms with Crippen LogP contribution in [0.1, 0.15) is 26.2 Å². The van der Waals surface area contributed by atoms with Crippen molar-refractivity contribution < 1.29 is 31.9 Å². The Morgan fingerprint density at radius 2 is 1.97 bits per heavy atom. The van der Waals surface area contributed by atoms with Crippen LogP contribution in [0.2, 0.25) is 0 Å². The van der Waals surface area contributed by atoms with Crippen LogP contribution in [0.25, 0.3) is 10.8 Å². The number of amides is 2. The average molecular weight is 425 g/mol. The fraction of sp³-hybridized carbons (Fsp3) is 0.350. The lowest BCUT2D eigenvalue weighted by molar-refractivity contribution is -0.145. The predicted octanol–water partition coefficient (Wildman–Crippen LogP) is 4.68. The van der Waals surface area contributed by atoms with Crippen molar-refractivity contribution in [2.45, 2.75) is 32.4 Å². The number of rotatable bonds is 5. The van der Waals surface area contributed by atoms with Gasteiger partial charge in [-0.05, 0) is 31.7 Å². The van der Waals surface area contributed by atoms with Crippen LogP contribution in [0, 0.1) is 11.7 Å². The number of fused-ring (bicyclic) bond motifs is 1. The predicted molar refractivity (Wildman–Crippen MR) is 101 cm³/mol. The van der Waals surface area contributed by atoms with Crippen molar-refractivity contribution in [3.63, 3.8) is 0 Å². The highest BCUT2D eigenvalue weighted by molar-refractivity contribution is 6.02. The van der Waals surface area contributed by atoms with E-state index in [1.165, 1.54) is 24.5 Å². The molecule has 3 rings (SSSR count). The second-order valence-corrected chi connectivity index (χ2v) is 6.88. The SMILES string of the molecule is CCOC(=O)C1=C(NC(=O)Nc2cncc3cccc(F)c23)CC(CC(F)(F)F)C1. The van der Waals surface area contributed by atoms with Crippen molar-refractivity contribution in [3.05, 3.63) is 47.7 Å². The number of esters is 1. The molecule has 0 spiro atoms. The number of carbonyl (C=O) groups is 2. The van der Waals surface area contributed by atoms with Crippen molar-refractivity contribution in [1.82, 2.24) is 10.3 Å². The van der Waals surface area contributed by atoms with Crippen molar-refractivity contribution in [2.75, 3.05) is 11.9 Å². The molecule has 30 heavy (non-hydrogen) atoms. The molecular weight excluding hydrogens is 406 g/mol. The Hall–Kier alpha value is -3.17. The molecule has 0 saturated carbocycles. The number of benzene rings is 1. The Morgan fingerprint density at radius 1 is 1.20 bits per heavy atom. The Morgan fingerprint density at radius 3 is 2.67 bits per heavy atom. The third kappa shape index (κ3) is 5.05. The van der Waals surface area contributed by atoms with Crippen molar-refractivity contribution in [3.8, 4) is 0 Å². The summed E-state index contributed by atoms with van der Waals surface area (Å²) >= 11 is 0. The molecule has 6 nitrogen and oxygen atoms in total. The Kier molecular flexibility index (Phi) is 6.23. The van der Waals surface area contributed by atoms with E-state index in [4.69, 9.17) is 4.74 Å². The molecule has 1 unspecified atom stereocenters. The first kappa shape index (κ1) is 21.5. The number of pyridine rings is 1. The van der Waals surface area contributed by atoms with Gasteiger partial charge in [-0.3, -0.25) is 4.98 Å². The lowest BCUT2D eigenvalue weighted by Gasteiger charge is -2.14. The second kappa shape index (κ2) is 8.68. The lowest BCUT2D eigenvalue weighted by atomic mass is 10.0. The van der Waals surface area contributed by atoms with Crippen molar-refractivity contribution >= 4 is 28.5 Å². The van der Waals surface area contributed by atoms with Crippen molar-refractivity contribution in [2.24, 2.45) is 5.92 Å². The molecule has 1 heterocycles. The number of aromatic nitrogens is 1. The number of alkyl halides is 3. The molecule has 10 heteroatoms. The normalized spacial score (nSPS) is 16.6. The standard InChI is InChI=1S/C20H19F4N3O3/c1-2-30-18(28)13-6-11(8-20(22,23)24)7-15(13)26-19(29)27-16-10-25-9-12-4-3-5-14(21)17(12)16/h3-5,9-11H,2,6-8H2,1H3,(H2,26,27,29). The minimum atomic E-state index is -4.39. The number of ether oxygens (including phenoxy) is 1. The Balaban J connectivity index is 1.79. The van der Waals surface area contributed by atoms with Crippen molar-refractivity contribution in [1.29, 1.82) is 0 Å². The molecule has 0 fully saturated rings. The molecule has 1 aliphatic carbocycles. The maximum atomic E-state index is 14.2. The van der Waals surface area contributed by atoms with E-state index in [0.717, 1.165) is 0 Å². The molecule has 2 aromatic rings. The number of nitrogens with zero attached hydrogens (tertiary/aromatic N) is 1. The summed E-state index contributed by atoms with van der Waals surface area (Å²) in [4.78, 5) is 28.5. The number of urea groups is 1. The van der Waals surface area contributed by atoms with Gasteiger partial charge in [-0.2, -0.15) is 13.2 Å². The number of hydrogen-bond donors (Lipinski definition) is 2. The van der Waals surface area contributed by atoms with E-state index in [9.17, 15) is 27.2 Å². The Labute approximate surface area is 169 Å². The molecule has 0 bridgehead atoms. The lowest BCUT2D eigenvalue weighted by Crippen LogP contribution is -2.29. The first-order valence-electron chi connectivity index (χ1n) is 9.24. The van der Waals surface area contributed by atoms with Crippen LogP contribution in [0.4, 0.5) is 28.0 Å². The summed E-state index contributed by atoms with van der Waals surface area (Å²) in [6, 6.07) is 3.52. The van der Waals surface area contributed by atoms with Gasteiger partial charge in [0.05, 0.1) is 24.1 Å². The monoisotopic (exact) mass is 425 g/mol. The smallest absolute Gasteiger partial charge is 0.389 e. The van der Waals surface area contributed by atoms with Crippen LogP contribution in [-0.4, -0.2) is 29.8 Å². The third-order valence-electron chi connectivity index (χ3n) is 4.64. The largest absolute Gasteiger partial charge is 0.463 e. The summed E-state index contributed by atoms with van der Waals surface area (Å²) in [5, 5.41) is 5.48. The van der Waals surface area contributed by atoms with Crippen LogP contribution >= 0.6 is 0 Å². The first-order valence-corrected chi connectivity index (χ1v) is 9.24. The van der Waals surface area contributed by atoms with Crippen LogP contribution < -0.4 is 10.6 Å². The van der Waals surface area contributed by atoms with Gasteiger partial charge in [0.25, 0.3) is 0 Å². The third-order valence-corrected chi connectivity index (χ3v) is 4.64. The first-order chi connectivity index (χ1) is 14.2. The molecule has 0 saturated heterocycles. The number of allylic oxidation sites excluding steroid dienone is 1. The van der Waals surface area contributed by atoms with E-state index in [-0.39, 0.29) is 41.8 Å². The quantitative estimate of drug-likeness (QED) is 0.539. The van der Waals surface area contributed by atoms with Crippen LogP contribution in [-0.2, 0) is 9.53 Å². The van der Waals surface area contributed by atoms with Gasteiger partial charge in [-0.1, -0.05) is 12.1 Å². The van der Waals surface area contributed by atoms with Crippen LogP contribution in [0.5, 0.6) is 0 Å². The van der Waals surface area contributed by atoms with E-state index in [2.05, 4.69) is 15.6 Å². The highest BCUT2D eigenvalue weighted by atomic mass is 19.4. The topological polar surface area (TPSA) is 80.3 Å². The Bertz CT molecular complexity index is 999. The molecule has 160 valence electrons. The number of carbonyl (C=O) groups excluding carboxylic acids is 2. The van der Waals surface area contributed by atoms with Gasteiger partial charge in [0, 0.05) is 29.1 Å². The molecule has 1 aromatic carbocycles. The van der Waals surface area contributed by atoms with Gasteiger partial charge in [-0.25, -0.2) is 14.0 Å². The molecule has 1 aliphatic rings. The zero-order valence-corrected chi connectivity index (χ0v) is 16.0. The van der Waals surface area contributed by atoms with E-state index in [1.54, 1.807) is 13.0 Å². The summed E-state index contributed by atoms with van der Waals surface area (Å²) < 4.78 is 57.4. The molecule has 1 atom stereocenters. The van der Waals surface area contributed by atoms with Gasteiger partial charge in [0.2, 0.25) is 0 Å².